The monoisotopic (exact) mass is 912 g/mol. The number of methoxy groups -OCH3 is 1. The minimum Gasteiger partial charge on any atom is -0.481 e. The van der Waals surface area contributed by atoms with Gasteiger partial charge in [0.15, 0.2) is 0 Å². The number of fused-ring (bicyclic) bond motifs is 2. The predicted molar refractivity (Wildman–Crippen MR) is 232 cm³/mol. The Bertz CT molecular complexity index is 2440. The van der Waals surface area contributed by atoms with Gasteiger partial charge in [0.2, 0.25) is 5.36 Å². The van der Waals surface area contributed by atoms with E-state index in [1.54, 1.807) is 42.5 Å². The van der Waals surface area contributed by atoms with Gasteiger partial charge in [0.1, 0.15) is 24.4 Å². The number of carboxylic acids is 1. The lowest BCUT2D eigenvalue weighted by Crippen LogP contribution is -2.39. The van der Waals surface area contributed by atoms with Crippen LogP contribution in [0, 0.1) is 0 Å². The average Bonchev–Trinajstić information content (AvgIpc) is 3.41. The van der Waals surface area contributed by atoms with Crippen LogP contribution in [0.15, 0.2) is 69.8 Å². The number of unbranched alkanes of at least 4 members (excludes halogenated alkanes) is 2. The highest BCUT2D eigenvalue weighted by molar-refractivity contribution is 7.86. The predicted octanol–water partition coefficient (Wildman–Crippen LogP) is 5.09. The molecular weight excluding hydrogens is 855 g/mol. The van der Waals surface area contributed by atoms with E-state index in [0.717, 1.165) is 0 Å². The minimum atomic E-state index is -4.62. The average molecular weight is 913 g/mol. The lowest BCUT2D eigenvalue weighted by molar-refractivity contribution is -0.137. The number of carboxylic acid groups (broad SMARTS) is 1. The molecule has 0 saturated carbocycles. The van der Waals surface area contributed by atoms with Crippen molar-refractivity contribution in [2.45, 2.75) is 83.0 Å². The van der Waals surface area contributed by atoms with Crippen molar-refractivity contribution in [3.05, 3.63) is 82.6 Å². The third kappa shape index (κ3) is 14.6. The second kappa shape index (κ2) is 22.6. The Balaban J connectivity index is 0.00000489. The van der Waals surface area contributed by atoms with Gasteiger partial charge >= 0.3 is 5.97 Å². The zero-order valence-electron chi connectivity index (χ0n) is 35.2. The number of ether oxygens (including phenoxy) is 1. The molecule has 1 aliphatic carbocycles. The van der Waals surface area contributed by atoms with Crippen LogP contribution in [0.4, 0.5) is 5.69 Å². The van der Waals surface area contributed by atoms with Gasteiger partial charge in [0.05, 0.1) is 35.3 Å². The summed E-state index contributed by atoms with van der Waals surface area (Å²) in [7, 11) is -11.7. The molecule has 1 amide bonds. The Morgan fingerprint density at radius 3 is 2.25 bits per heavy atom. The molecular formula is C41H58N3O14S3+. The van der Waals surface area contributed by atoms with Gasteiger partial charge < -0.3 is 24.5 Å². The molecule has 1 unspecified atom stereocenters. The molecule has 0 aromatic heterocycles. The quantitative estimate of drug-likeness (QED) is 0.0500. The van der Waals surface area contributed by atoms with E-state index in [2.05, 4.69) is 5.32 Å². The maximum atomic E-state index is 13.6. The zero-order valence-corrected chi connectivity index (χ0v) is 37.6. The van der Waals surface area contributed by atoms with Gasteiger partial charge in [0.25, 0.3) is 36.3 Å². The van der Waals surface area contributed by atoms with Crippen molar-refractivity contribution in [1.82, 2.24) is 9.89 Å². The fraction of sp³-hybridized carbons (Fsp3) is 0.488. The molecule has 0 bridgehead atoms. The lowest BCUT2D eigenvalue weighted by Gasteiger charge is -2.30. The fourth-order valence-electron chi connectivity index (χ4n) is 7.27. The molecule has 0 fully saturated rings. The molecule has 0 radical (unpaired) electrons. The van der Waals surface area contributed by atoms with E-state index in [0.29, 0.717) is 71.5 Å². The number of nitrogens with zero attached hydrogens (tertiary/aromatic N) is 2. The maximum absolute atomic E-state index is 13.6. The van der Waals surface area contributed by atoms with Crippen LogP contribution >= 0.6 is 0 Å². The molecule has 0 saturated heterocycles. The zero-order chi connectivity index (χ0) is 45.6. The summed E-state index contributed by atoms with van der Waals surface area (Å²) < 4.78 is 112. The SMILES string of the molecule is CC.CC[N+](CCCS(=O)(=O)O)=c1cc2occc(/C=C/C=C3/N(CCCCCC(=O)O)c4ccc(S(=O)(=O)O)cc4C3(C)CCCS(=O)(=O)O)c-2cc1C(=O)NCCOC. The first kappa shape index (κ1) is 50.9. The van der Waals surface area contributed by atoms with Crippen molar-refractivity contribution in [2.75, 3.05) is 56.3 Å². The van der Waals surface area contributed by atoms with Gasteiger partial charge in [-0.15, -0.1) is 0 Å². The molecule has 1 atom stereocenters. The molecule has 2 heterocycles. The van der Waals surface area contributed by atoms with E-state index in [9.17, 15) is 48.5 Å². The first-order valence-electron chi connectivity index (χ1n) is 20.0. The first-order chi connectivity index (χ1) is 28.7. The lowest BCUT2D eigenvalue weighted by atomic mass is 9.77. The van der Waals surface area contributed by atoms with Crippen LogP contribution in [0.3, 0.4) is 0 Å². The second-order valence-corrected chi connectivity index (χ2v) is 18.9. The van der Waals surface area contributed by atoms with Crippen LogP contribution < -0.4 is 20.1 Å². The van der Waals surface area contributed by atoms with E-state index in [1.165, 1.54) is 25.5 Å². The molecule has 3 aliphatic rings. The Morgan fingerprint density at radius 1 is 0.934 bits per heavy atom. The highest BCUT2D eigenvalue weighted by Crippen LogP contribution is 2.51. The van der Waals surface area contributed by atoms with Crippen molar-refractivity contribution in [3.8, 4) is 11.3 Å². The van der Waals surface area contributed by atoms with Crippen LogP contribution in [0.25, 0.3) is 17.4 Å². The standard InChI is InChI=1S/C39H51N3O14S3.C2H6/c1-4-41(19-10-24-58(49,50)51)34-27-35-30(26-31(34)38(45)40-18-22-55-3)28(16-21-56-35)11-8-12-36-39(2,17-9-23-57(46,47)48)32-25-29(59(52,53)54)14-15-33(32)42(36)20-7-5-6-13-37(43)44;1-2/h8,11-12,14-16,21,25-27H,4-7,9-10,13,17-20,22-24H2,1-3H3,(H4-,40,43,44,45,46,47,48,49,50,51,52,53,54);1-2H3/p+1. The smallest absolute Gasteiger partial charge is 0.303 e. The molecule has 1 aromatic carbocycles. The summed E-state index contributed by atoms with van der Waals surface area (Å²) in [6, 6.07) is 9.23. The Kier molecular flexibility index (Phi) is 18.9. The van der Waals surface area contributed by atoms with Crippen LogP contribution in [-0.2, 0) is 45.3 Å². The molecule has 5 N–H and O–H groups in total. The molecule has 2 aliphatic heterocycles. The number of rotatable bonds is 22. The molecule has 61 heavy (non-hydrogen) atoms. The van der Waals surface area contributed by atoms with E-state index in [-0.39, 0.29) is 55.8 Å². The number of carbonyl (C=O) groups is 2. The normalized spacial score (nSPS) is 16.7. The summed E-state index contributed by atoms with van der Waals surface area (Å²) in [4.78, 5) is 26.4. The topological polar surface area (TPSA) is 258 Å². The van der Waals surface area contributed by atoms with Crippen molar-refractivity contribution in [1.29, 1.82) is 0 Å². The molecule has 20 heteroatoms. The number of amides is 1. The first-order valence-corrected chi connectivity index (χ1v) is 24.7. The van der Waals surface area contributed by atoms with E-state index >= 15 is 0 Å². The third-order valence-corrected chi connectivity index (χ3v) is 12.6. The fourth-order valence-corrected chi connectivity index (χ4v) is 8.78. The summed E-state index contributed by atoms with van der Waals surface area (Å²) in [5, 5.41) is 12.4. The van der Waals surface area contributed by atoms with Gasteiger partial charge in [-0.3, -0.25) is 23.2 Å². The third-order valence-electron chi connectivity index (χ3n) is 10.1. The van der Waals surface area contributed by atoms with Gasteiger partial charge in [-0.1, -0.05) is 32.4 Å². The van der Waals surface area contributed by atoms with Crippen LogP contribution in [0.2, 0.25) is 0 Å². The molecule has 338 valence electrons. The summed E-state index contributed by atoms with van der Waals surface area (Å²) in [5.41, 5.74) is 2.20. The van der Waals surface area contributed by atoms with Gasteiger partial charge in [-0.05, 0) is 87.1 Å². The number of hydrogen-bond donors (Lipinski definition) is 5. The van der Waals surface area contributed by atoms with Crippen LogP contribution in [0.1, 0.15) is 94.1 Å². The van der Waals surface area contributed by atoms with Crippen molar-refractivity contribution < 1.29 is 62.8 Å². The van der Waals surface area contributed by atoms with E-state index in [4.69, 9.17) is 14.3 Å². The molecule has 0 spiro atoms. The number of benzene rings is 2. The second-order valence-electron chi connectivity index (χ2n) is 14.4. The van der Waals surface area contributed by atoms with Crippen LogP contribution in [-0.4, -0.2) is 107 Å². The maximum Gasteiger partial charge on any atom is 0.303 e. The number of allylic oxidation sites excluding steroid dienone is 3. The van der Waals surface area contributed by atoms with E-state index in [1.807, 2.05) is 37.2 Å². The Morgan fingerprint density at radius 2 is 1.62 bits per heavy atom. The summed E-state index contributed by atoms with van der Waals surface area (Å²) in [6.07, 6.45) is 8.60. The number of nitrogens with one attached hydrogen (secondary N) is 1. The molecule has 4 rings (SSSR count). The Labute approximate surface area is 358 Å². The van der Waals surface area contributed by atoms with Crippen molar-refractivity contribution in [2.24, 2.45) is 0 Å². The number of carbonyl (C=O) groups excluding carboxylic acids is 1. The van der Waals surface area contributed by atoms with Gasteiger partial charge in [-0.25, -0.2) is 4.58 Å². The molecule has 17 nitrogen and oxygen atoms in total. The highest BCUT2D eigenvalue weighted by atomic mass is 32.2. The summed E-state index contributed by atoms with van der Waals surface area (Å²) in [6.45, 7) is 9.13. The highest BCUT2D eigenvalue weighted by Gasteiger charge is 2.43. The van der Waals surface area contributed by atoms with E-state index < -0.39 is 59.2 Å². The number of anilines is 1. The van der Waals surface area contributed by atoms with Crippen molar-refractivity contribution in [3.63, 3.8) is 0 Å². The number of hydrogen-bond acceptors (Lipinski definition) is 11. The van der Waals surface area contributed by atoms with Gasteiger partial charge in [0, 0.05) is 55.4 Å². The Hall–Kier alpha value is -4.44. The van der Waals surface area contributed by atoms with Crippen molar-refractivity contribution >= 4 is 54.0 Å². The largest absolute Gasteiger partial charge is 0.481 e. The van der Waals surface area contributed by atoms with Crippen LogP contribution in [0.5, 0.6) is 0 Å². The van der Waals surface area contributed by atoms with Gasteiger partial charge in [-0.2, -0.15) is 25.3 Å². The summed E-state index contributed by atoms with van der Waals surface area (Å²) >= 11 is 0. The molecule has 1 aromatic rings. The minimum absolute atomic E-state index is 0.00531. The number of aliphatic carboxylic acids is 1. The summed E-state index contributed by atoms with van der Waals surface area (Å²) in [5.74, 6) is -1.94.